The topological polar surface area (TPSA) is 35.0 Å². The lowest BCUT2D eigenvalue weighted by Crippen LogP contribution is -1.97. The van der Waals surface area contributed by atoms with E-state index >= 15 is 0 Å². The van der Waals surface area contributed by atoms with Crippen LogP contribution in [0.4, 0.5) is 0 Å². The van der Waals surface area contributed by atoms with Crippen molar-refractivity contribution in [3.05, 3.63) is 45.3 Å². The number of nitrogens with zero attached hydrogens (tertiary/aromatic N) is 2. The highest BCUT2D eigenvalue weighted by atomic mass is 79.9. The van der Waals surface area contributed by atoms with Gasteiger partial charge in [0, 0.05) is 17.0 Å². The van der Waals surface area contributed by atoms with E-state index in [1.165, 1.54) is 0 Å². The fourth-order valence-electron chi connectivity index (χ4n) is 1.45. The Morgan fingerprint density at radius 3 is 2.78 bits per heavy atom. The first-order valence-electron chi connectivity index (χ1n) is 5.56. The SMILES string of the molecule is CCc1nc(Cl)cc(Oc2cc(Br)ccc2C)n1. The van der Waals surface area contributed by atoms with Crippen LogP contribution in [0.2, 0.25) is 5.15 Å². The standard InChI is InChI=1S/C13H12BrClN2O/c1-3-12-16-11(15)7-13(17-12)18-10-6-9(14)5-4-8(10)2/h4-7H,3H2,1-2H3. The molecular weight excluding hydrogens is 316 g/mol. The van der Waals surface area contributed by atoms with Crippen LogP contribution in [0.5, 0.6) is 11.6 Å². The van der Waals surface area contributed by atoms with E-state index in [1.54, 1.807) is 6.07 Å². The molecule has 0 saturated carbocycles. The van der Waals surface area contributed by atoms with E-state index < -0.39 is 0 Å². The van der Waals surface area contributed by atoms with Gasteiger partial charge in [0.2, 0.25) is 5.88 Å². The van der Waals surface area contributed by atoms with Crippen LogP contribution in [-0.2, 0) is 6.42 Å². The van der Waals surface area contributed by atoms with Crippen LogP contribution in [0.3, 0.4) is 0 Å². The fourth-order valence-corrected chi connectivity index (χ4v) is 1.98. The lowest BCUT2D eigenvalue weighted by Gasteiger charge is -2.09. The van der Waals surface area contributed by atoms with E-state index in [0.29, 0.717) is 23.3 Å². The summed E-state index contributed by atoms with van der Waals surface area (Å²) in [6.45, 7) is 3.95. The number of halogens is 2. The van der Waals surface area contributed by atoms with Crippen LogP contribution < -0.4 is 4.74 Å². The molecule has 1 heterocycles. The highest BCUT2D eigenvalue weighted by Gasteiger charge is 2.06. The summed E-state index contributed by atoms with van der Waals surface area (Å²) < 4.78 is 6.71. The molecule has 0 unspecified atom stereocenters. The summed E-state index contributed by atoms with van der Waals surface area (Å²) in [6, 6.07) is 7.45. The van der Waals surface area contributed by atoms with Crippen LogP contribution >= 0.6 is 27.5 Å². The van der Waals surface area contributed by atoms with Gasteiger partial charge in [0.05, 0.1) is 0 Å². The lowest BCUT2D eigenvalue weighted by molar-refractivity contribution is 0.455. The molecule has 0 radical (unpaired) electrons. The van der Waals surface area contributed by atoms with Gasteiger partial charge < -0.3 is 4.74 Å². The number of benzene rings is 1. The van der Waals surface area contributed by atoms with Gasteiger partial charge >= 0.3 is 0 Å². The summed E-state index contributed by atoms with van der Waals surface area (Å²) in [5.74, 6) is 1.89. The average Bonchev–Trinajstić information content (AvgIpc) is 2.33. The Morgan fingerprint density at radius 2 is 2.06 bits per heavy atom. The summed E-state index contributed by atoms with van der Waals surface area (Å²) in [5.41, 5.74) is 1.03. The molecule has 0 aliphatic rings. The van der Waals surface area contributed by atoms with Gasteiger partial charge in [-0.15, -0.1) is 0 Å². The predicted molar refractivity (Wildman–Crippen MR) is 75.4 cm³/mol. The fraction of sp³-hybridized carbons (Fsp3) is 0.231. The van der Waals surface area contributed by atoms with Gasteiger partial charge in [-0.25, -0.2) is 4.98 Å². The summed E-state index contributed by atoms with van der Waals surface area (Å²) in [4.78, 5) is 8.38. The Kier molecular flexibility index (Phi) is 4.19. The Balaban J connectivity index is 2.33. The van der Waals surface area contributed by atoms with Crippen molar-refractivity contribution in [3.63, 3.8) is 0 Å². The molecule has 5 heteroatoms. The first-order valence-corrected chi connectivity index (χ1v) is 6.73. The molecule has 0 spiro atoms. The van der Waals surface area contributed by atoms with Gasteiger partial charge in [-0.3, -0.25) is 0 Å². The number of hydrogen-bond donors (Lipinski definition) is 0. The van der Waals surface area contributed by atoms with Gasteiger partial charge in [0.25, 0.3) is 0 Å². The Labute approximate surface area is 119 Å². The van der Waals surface area contributed by atoms with Crippen molar-refractivity contribution >= 4 is 27.5 Å². The van der Waals surface area contributed by atoms with Gasteiger partial charge in [0.1, 0.15) is 16.7 Å². The van der Waals surface area contributed by atoms with E-state index in [4.69, 9.17) is 16.3 Å². The summed E-state index contributed by atoms with van der Waals surface area (Å²) in [6.07, 6.45) is 0.717. The normalized spacial score (nSPS) is 10.4. The molecule has 0 aliphatic carbocycles. The molecule has 0 N–H and O–H groups in total. The Hall–Kier alpha value is -1.13. The monoisotopic (exact) mass is 326 g/mol. The third-order valence-corrected chi connectivity index (χ3v) is 3.09. The first-order chi connectivity index (χ1) is 8.58. The van der Waals surface area contributed by atoms with E-state index in [9.17, 15) is 0 Å². The number of aryl methyl sites for hydroxylation is 2. The summed E-state index contributed by atoms with van der Waals surface area (Å²) >= 11 is 9.34. The van der Waals surface area contributed by atoms with Crippen molar-refractivity contribution in [2.45, 2.75) is 20.3 Å². The molecule has 0 aliphatic heterocycles. The van der Waals surface area contributed by atoms with Gasteiger partial charge in [-0.05, 0) is 24.6 Å². The molecule has 2 aromatic rings. The summed E-state index contributed by atoms with van der Waals surface area (Å²) in [7, 11) is 0. The second-order valence-electron chi connectivity index (χ2n) is 3.81. The minimum Gasteiger partial charge on any atom is -0.439 e. The molecule has 1 aromatic heterocycles. The third-order valence-electron chi connectivity index (χ3n) is 2.40. The molecule has 3 nitrogen and oxygen atoms in total. The van der Waals surface area contributed by atoms with Crippen molar-refractivity contribution < 1.29 is 4.74 Å². The minimum absolute atomic E-state index is 0.393. The van der Waals surface area contributed by atoms with Crippen molar-refractivity contribution in [2.24, 2.45) is 0 Å². The second kappa shape index (κ2) is 5.67. The van der Waals surface area contributed by atoms with Crippen molar-refractivity contribution in [3.8, 4) is 11.6 Å². The van der Waals surface area contributed by atoms with Crippen LogP contribution in [-0.4, -0.2) is 9.97 Å². The second-order valence-corrected chi connectivity index (χ2v) is 5.11. The maximum absolute atomic E-state index is 5.93. The average molecular weight is 328 g/mol. The van der Waals surface area contributed by atoms with E-state index in [-0.39, 0.29) is 0 Å². The van der Waals surface area contributed by atoms with Crippen molar-refractivity contribution in [2.75, 3.05) is 0 Å². The molecule has 0 amide bonds. The van der Waals surface area contributed by atoms with Crippen LogP contribution in [0.1, 0.15) is 18.3 Å². The van der Waals surface area contributed by atoms with Gasteiger partial charge in [-0.1, -0.05) is 40.5 Å². The molecule has 0 bridgehead atoms. The maximum atomic E-state index is 5.93. The van der Waals surface area contributed by atoms with Crippen molar-refractivity contribution in [1.82, 2.24) is 9.97 Å². The van der Waals surface area contributed by atoms with Crippen LogP contribution in [0.25, 0.3) is 0 Å². The number of aromatic nitrogens is 2. The molecule has 1 aromatic carbocycles. The number of hydrogen-bond acceptors (Lipinski definition) is 3. The van der Waals surface area contributed by atoms with E-state index in [1.807, 2.05) is 32.0 Å². The minimum atomic E-state index is 0.393. The van der Waals surface area contributed by atoms with Crippen molar-refractivity contribution in [1.29, 1.82) is 0 Å². The molecule has 0 saturated heterocycles. The molecule has 2 rings (SSSR count). The number of ether oxygens (including phenoxy) is 1. The van der Waals surface area contributed by atoms with E-state index in [2.05, 4.69) is 25.9 Å². The molecule has 94 valence electrons. The van der Waals surface area contributed by atoms with Crippen LogP contribution in [0, 0.1) is 6.92 Å². The molecule has 18 heavy (non-hydrogen) atoms. The lowest BCUT2D eigenvalue weighted by atomic mass is 10.2. The zero-order valence-corrected chi connectivity index (χ0v) is 12.4. The first kappa shape index (κ1) is 13.3. The zero-order chi connectivity index (χ0) is 13.1. The molecule has 0 fully saturated rings. The van der Waals surface area contributed by atoms with Gasteiger partial charge in [-0.2, -0.15) is 4.98 Å². The zero-order valence-electron chi connectivity index (χ0n) is 10.1. The summed E-state index contributed by atoms with van der Waals surface area (Å²) in [5, 5.41) is 0.393. The Bertz CT molecular complexity index is 575. The van der Waals surface area contributed by atoms with E-state index in [0.717, 1.165) is 15.8 Å². The highest BCUT2D eigenvalue weighted by molar-refractivity contribution is 9.10. The largest absolute Gasteiger partial charge is 0.439 e. The molecular formula is C13H12BrClN2O. The number of rotatable bonds is 3. The quantitative estimate of drug-likeness (QED) is 0.775. The highest BCUT2D eigenvalue weighted by Crippen LogP contribution is 2.28. The molecule has 0 atom stereocenters. The Morgan fingerprint density at radius 1 is 1.28 bits per heavy atom. The smallest absolute Gasteiger partial charge is 0.224 e. The maximum Gasteiger partial charge on any atom is 0.224 e. The third kappa shape index (κ3) is 3.21. The van der Waals surface area contributed by atoms with Crippen LogP contribution in [0.15, 0.2) is 28.7 Å². The predicted octanol–water partition coefficient (Wildman–Crippen LogP) is 4.56. The van der Waals surface area contributed by atoms with Gasteiger partial charge in [0.15, 0.2) is 0 Å².